The fourth-order valence-electron chi connectivity index (χ4n) is 5.51. The van der Waals surface area contributed by atoms with Crippen molar-refractivity contribution in [3.8, 4) is 0 Å². The fraction of sp³-hybridized carbons (Fsp3) is 0.654. The molecule has 2 aromatic rings. The third-order valence-electron chi connectivity index (χ3n) is 7.70. The lowest BCUT2D eigenvalue weighted by molar-refractivity contribution is 0.0929. The van der Waals surface area contributed by atoms with Crippen LogP contribution in [0, 0.1) is 11.8 Å². The highest BCUT2D eigenvalue weighted by Gasteiger charge is 2.30. The molecule has 0 unspecified atom stereocenters. The summed E-state index contributed by atoms with van der Waals surface area (Å²) in [6, 6.07) is 5.05. The van der Waals surface area contributed by atoms with E-state index >= 15 is 0 Å². The van der Waals surface area contributed by atoms with Gasteiger partial charge in [-0.3, -0.25) is 14.5 Å². The molecule has 1 aliphatic heterocycles. The number of thiazole rings is 1. The molecule has 3 aliphatic rings. The fourth-order valence-corrected chi connectivity index (χ4v) is 6.75. The van der Waals surface area contributed by atoms with Gasteiger partial charge in [0.2, 0.25) is 0 Å². The molecule has 172 valence electrons. The van der Waals surface area contributed by atoms with E-state index < -0.39 is 0 Å². The number of Topliss-reactive ketones (excluding diaryl/α,β-unsaturated/α-hetero) is 1. The van der Waals surface area contributed by atoms with Crippen molar-refractivity contribution in [2.45, 2.75) is 83.7 Å². The number of carbonyl (C=O) groups is 1. The van der Waals surface area contributed by atoms with E-state index in [1.807, 2.05) is 18.3 Å². The van der Waals surface area contributed by atoms with Crippen LogP contribution in [0.15, 0.2) is 23.0 Å². The Labute approximate surface area is 194 Å². The lowest BCUT2D eigenvalue weighted by Crippen LogP contribution is -2.32. The Kier molecular flexibility index (Phi) is 6.61. The van der Waals surface area contributed by atoms with Crippen molar-refractivity contribution in [2.24, 2.45) is 11.8 Å². The van der Waals surface area contributed by atoms with Gasteiger partial charge >= 0.3 is 0 Å². The third kappa shape index (κ3) is 4.91. The van der Waals surface area contributed by atoms with Gasteiger partial charge in [-0.25, -0.2) is 4.98 Å². The van der Waals surface area contributed by atoms with Gasteiger partial charge in [0.05, 0.1) is 16.4 Å². The molecule has 0 aromatic carbocycles. The number of aromatic nitrogens is 2. The minimum Gasteiger partial charge on any atom is -0.306 e. The minimum atomic E-state index is -0.0756. The summed E-state index contributed by atoms with van der Waals surface area (Å²) in [5.74, 6) is 2.15. The summed E-state index contributed by atoms with van der Waals surface area (Å²) in [4.78, 5) is 34.0. The lowest BCUT2D eigenvalue weighted by atomic mass is 9.78. The van der Waals surface area contributed by atoms with Crippen LogP contribution in [-0.4, -0.2) is 33.3 Å². The number of nitrogens with zero attached hydrogens (tertiary/aromatic N) is 3. The van der Waals surface area contributed by atoms with Crippen molar-refractivity contribution in [3.63, 3.8) is 0 Å². The second kappa shape index (κ2) is 9.60. The first-order valence-electron chi connectivity index (χ1n) is 12.5. The van der Waals surface area contributed by atoms with Crippen molar-refractivity contribution in [3.05, 3.63) is 49.8 Å². The van der Waals surface area contributed by atoms with Crippen LogP contribution in [-0.2, 0) is 19.5 Å². The highest BCUT2D eigenvalue weighted by Crippen LogP contribution is 2.43. The number of fused-ring (bicyclic) bond motifs is 1. The Hall–Kier alpha value is -1.79. The molecule has 0 radical (unpaired) electrons. The van der Waals surface area contributed by atoms with Crippen molar-refractivity contribution >= 4 is 17.1 Å². The van der Waals surface area contributed by atoms with E-state index in [2.05, 4.69) is 4.90 Å². The SMILES string of the molecule is CCn1c(C(=O)CC2CCC(CCN3CCc4sc(C5CC5)nc4C3)CC2)cccc1=O. The van der Waals surface area contributed by atoms with Gasteiger partial charge in [0.1, 0.15) is 0 Å². The zero-order valence-corrected chi connectivity index (χ0v) is 20.0. The van der Waals surface area contributed by atoms with Gasteiger partial charge in [-0.1, -0.05) is 18.9 Å². The maximum Gasteiger partial charge on any atom is 0.251 e. The summed E-state index contributed by atoms with van der Waals surface area (Å²) < 4.78 is 1.61. The summed E-state index contributed by atoms with van der Waals surface area (Å²) in [5, 5.41) is 1.40. The van der Waals surface area contributed by atoms with E-state index in [0.717, 1.165) is 31.2 Å². The molecule has 5 nitrogen and oxygen atoms in total. The van der Waals surface area contributed by atoms with Crippen LogP contribution in [0.4, 0.5) is 0 Å². The standard InChI is InChI=1S/C26H35N3O2S/c1-2-29-22(4-3-5-25(29)31)23(30)16-19-8-6-18(7-9-19)12-14-28-15-13-24-21(17-28)27-26(32-24)20-10-11-20/h3-5,18-20H,2,6-17H2,1H3. The van der Waals surface area contributed by atoms with E-state index in [9.17, 15) is 9.59 Å². The van der Waals surface area contributed by atoms with Crippen LogP contribution in [0.5, 0.6) is 0 Å². The number of rotatable bonds is 8. The van der Waals surface area contributed by atoms with Crippen molar-refractivity contribution in [2.75, 3.05) is 13.1 Å². The summed E-state index contributed by atoms with van der Waals surface area (Å²) in [5.41, 5.74) is 1.86. The number of carbonyl (C=O) groups excluding carboxylic acids is 1. The monoisotopic (exact) mass is 453 g/mol. The maximum atomic E-state index is 12.8. The number of pyridine rings is 1. The molecule has 32 heavy (non-hydrogen) atoms. The smallest absolute Gasteiger partial charge is 0.251 e. The van der Waals surface area contributed by atoms with Crippen LogP contribution < -0.4 is 5.56 Å². The molecule has 0 N–H and O–H groups in total. The normalized spacial score (nSPS) is 23.8. The second-order valence-electron chi connectivity index (χ2n) is 10.0. The average molecular weight is 454 g/mol. The number of hydrogen-bond acceptors (Lipinski definition) is 5. The van der Waals surface area contributed by atoms with Crippen molar-refractivity contribution in [1.29, 1.82) is 0 Å². The van der Waals surface area contributed by atoms with Gasteiger partial charge in [-0.2, -0.15) is 0 Å². The van der Waals surface area contributed by atoms with Gasteiger partial charge in [0.25, 0.3) is 5.56 Å². The van der Waals surface area contributed by atoms with E-state index in [1.165, 1.54) is 68.4 Å². The first-order valence-corrected chi connectivity index (χ1v) is 13.4. The van der Waals surface area contributed by atoms with E-state index in [4.69, 9.17) is 4.98 Å². The highest BCUT2D eigenvalue weighted by atomic mass is 32.1. The molecule has 0 atom stereocenters. The molecule has 6 heteroatoms. The number of hydrogen-bond donors (Lipinski definition) is 0. The first kappa shape index (κ1) is 22.0. The Morgan fingerprint density at radius 2 is 1.91 bits per heavy atom. The maximum absolute atomic E-state index is 12.8. The van der Waals surface area contributed by atoms with Crippen LogP contribution in [0.3, 0.4) is 0 Å². The molecule has 2 aliphatic carbocycles. The largest absolute Gasteiger partial charge is 0.306 e. The molecule has 2 aromatic heterocycles. The predicted molar refractivity (Wildman–Crippen MR) is 128 cm³/mol. The molecular formula is C26H35N3O2S. The molecular weight excluding hydrogens is 418 g/mol. The van der Waals surface area contributed by atoms with E-state index in [1.54, 1.807) is 21.6 Å². The van der Waals surface area contributed by atoms with Gasteiger partial charge in [0, 0.05) is 42.9 Å². The third-order valence-corrected chi connectivity index (χ3v) is 9.02. The average Bonchev–Trinajstić information content (AvgIpc) is 3.57. The molecule has 0 bridgehead atoms. The topological polar surface area (TPSA) is 55.2 Å². The molecule has 2 fully saturated rings. The molecule has 0 spiro atoms. The molecule has 2 saturated carbocycles. The lowest BCUT2D eigenvalue weighted by Gasteiger charge is -2.31. The van der Waals surface area contributed by atoms with Crippen LogP contribution in [0.1, 0.15) is 90.3 Å². The van der Waals surface area contributed by atoms with Crippen molar-refractivity contribution in [1.82, 2.24) is 14.5 Å². The predicted octanol–water partition coefficient (Wildman–Crippen LogP) is 5.03. The zero-order chi connectivity index (χ0) is 22.1. The minimum absolute atomic E-state index is 0.0756. The Bertz CT molecular complexity index is 1010. The molecule has 0 saturated heterocycles. The van der Waals surface area contributed by atoms with Gasteiger partial charge in [0.15, 0.2) is 5.78 Å². The first-order chi connectivity index (χ1) is 15.6. The number of ketones is 1. The highest BCUT2D eigenvalue weighted by molar-refractivity contribution is 7.11. The van der Waals surface area contributed by atoms with Gasteiger partial charge in [-0.15, -0.1) is 11.3 Å². The molecule has 3 heterocycles. The van der Waals surface area contributed by atoms with E-state index in [0.29, 0.717) is 24.6 Å². The molecule has 0 amide bonds. The van der Waals surface area contributed by atoms with E-state index in [-0.39, 0.29) is 11.3 Å². The van der Waals surface area contributed by atoms with Gasteiger partial charge in [-0.05, 0) is 69.9 Å². The Balaban J connectivity index is 1.07. The van der Waals surface area contributed by atoms with Crippen molar-refractivity contribution < 1.29 is 4.79 Å². The van der Waals surface area contributed by atoms with Crippen LogP contribution >= 0.6 is 11.3 Å². The molecule has 5 rings (SSSR count). The summed E-state index contributed by atoms with van der Waals surface area (Å²) in [6.45, 7) is 5.87. The van der Waals surface area contributed by atoms with Gasteiger partial charge < -0.3 is 4.57 Å². The quantitative estimate of drug-likeness (QED) is 0.526. The van der Waals surface area contributed by atoms with Crippen LogP contribution in [0.2, 0.25) is 0 Å². The summed E-state index contributed by atoms with van der Waals surface area (Å²) in [7, 11) is 0. The summed E-state index contributed by atoms with van der Waals surface area (Å²) >= 11 is 1.98. The zero-order valence-electron chi connectivity index (χ0n) is 19.2. The Morgan fingerprint density at radius 1 is 1.12 bits per heavy atom. The summed E-state index contributed by atoms with van der Waals surface area (Å²) in [6.07, 6.45) is 10.5. The second-order valence-corrected chi connectivity index (χ2v) is 11.1. The Morgan fingerprint density at radius 3 is 2.66 bits per heavy atom. The van der Waals surface area contributed by atoms with Crippen LogP contribution in [0.25, 0.3) is 0 Å².